The summed E-state index contributed by atoms with van der Waals surface area (Å²) in [4.78, 5) is 54.2. The van der Waals surface area contributed by atoms with Crippen LogP contribution in [0.2, 0.25) is 0 Å². The minimum Gasteiger partial charge on any atom is -0.00810 e. The molecule has 8 rings (SSSR count). The number of benzene rings is 1. The summed E-state index contributed by atoms with van der Waals surface area (Å²) < 4.78 is 10.7. The number of carboxylic acids is 1. The molecular formula is C35H33I2N5O5S-2. The topological polar surface area (TPSA) is 125 Å². The van der Waals surface area contributed by atoms with E-state index >= 15 is 0 Å². The number of carboxylic acid groups (broad SMARTS) is 1. The van der Waals surface area contributed by atoms with Gasteiger partial charge >= 0.3 is 227 Å². The molecule has 0 atom stereocenters. The van der Waals surface area contributed by atoms with E-state index in [1.807, 2.05) is 6.07 Å². The summed E-state index contributed by atoms with van der Waals surface area (Å²) in [5, 5.41) is 12.6. The number of hydrogen-bond donors (Lipinski definition) is 2. The van der Waals surface area contributed by atoms with Gasteiger partial charge < -0.3 is 5.11 Å². The van der Waals surface area contributed by atoms with Crippen molar-refractivity contribution in [1.29, 1.82) is 0 Å². The van der Waals surface area contributed by atoms with E-state index in [0.717, 1.165) is 55.4 Å². The number of rotatable bonds is 5. The second-order valence-electron chi connectivity index (χ2n) is 12.5. The molecule has 4 aliphatic heterocycles. The van der Waals surface area contributed by atoms with E-state index < -0.39 is 5.97 Å². The monoisotopic (exact) mass is 889 g/mol. The molecule has 48 heavy (non-hydrogen) atoms. The summed E-state index contributed by atoms with van der Waals surface area (Å²) in [5.41, 5.74) is 4.16. The van der Waals surface area contributed by atoms with Crippen LogP contribution in [0.5, 0.6) is 0 Å². The summed E-state index contributed by atoms with van der Waals surface area (Å²) in [7, 11) is 0. The van der Waals surface area contributed by atoms with Crippen molar-refractivity contribution in [2.75, 3.05) is 56.8 Å². The molecule has 1 spiro atoms. The van der Waals surface area contributed by atoms with E-state index in [0.29, 0.717) is 41.2 Å². The molecule has 3 aromatic heterocycles. The summed E-state index contributed by atoms with van der Waals surface area (Å²) in [6.45, 7) is 3.82. The van der Waals surface area contributed by atoms with Crippen molar-refractivity contribution in [3.8, 4) is 10.6 Å². The van der Waals surface area contributed by atoms with Crippen LogP contribution >= 0.6 is 11.3 Å². The number of nitrogens with one attached hydrogen (secondary N) is 1. The van der Waals surface area contributed by atoms with Crippen LogP contribution in [0.1, 0.15) is 55.2 Å². The van der Waals surface area contributed by atoms with Crippen LogP contribution in [0, 0.1) is 12.7 Å². The van der Waals surface area contributed by atoms with Crippen LogP contribution in [0.25, 0.3) is 10.6 Å². The zero-order valence-corrected chi connectivity index (χ0v) is 31.1. The Bertz CT molecular complexity index is 1920. The van der Waals surface area contributed by atoms with Crippen molar-refractivity contribution in [3.63, 3.8) is 0 Å². The van der Waals surface area contributed by atoms with Gasteiger partial charge in [0.05, 0.1) is 4.88 Å². The van der Waals surface area contributed by atoms with E-state index in [4.69, 9.17) is 9.72 Å². The Balaban J connectivity index is 1.02. The van der Waals surface area contributed by atoms with E-state index in [1.165, 1.54) is 33.9 Å². The number of fused-ring (bicyclic) bond motifs is 4. The zero-order chi connectivity index (χ0) is 32.8. The molecule has 1 aromatic carbocycles. The number of aromatic nitrogens is 2. The number of anilines is 3. The second kappa shape index (κ2) is 13.3. The van der Waals surface area contributed by atoms with Crippen LogP contribution < -0.4 is 57.5 Å². The van der Waals surface area contributed by atoms with Crippen molar-refractivity contribution >= 4 is 46.3 Å². The van der Waals surface area contributed by atoms with Crippen molar-refractivity contribution in [3.05, 3.63) is 83.6 Å². The number of hydrogen-bond acceptors (Lipinski definition) is 8. The SMILES string of the molecule is O=C(O)c1cc2c(s1)-c1ncccc1N(C(=O)c1ccc(NC(=O)c3cc4c(nc3N3CC5(CCOCC5)C3)[I-]CCC[I-]4)cc1)CC2. The van der Waals surface area contributed by atoms with Crippen LogP contribution in [0.4, 0.5) is 17.2 Å². The predicted octanol–water partition coefficient (Wildman–Crippen LogP) is -1.10. The quantitative estimate of drug-likeness (QED) is 0.147. The fraction of sp³-hybridized carbons (Fsp3) is 0.343. The first kappa shape index (κ1) is 32.1. The number of nitrogens with zero attached hydrogens (tertiary/aromatic N) is 4. The van der Waals surface area contributed by atoms with Gasteiger partial charge in [0.1, 0.15) is 10.6 Å². The Labute approximate surface area is 302 Å². The molecule has 0 aliphatic carbocycles. The van der Waals surface area contributed by atoms with Crippen molar-refractivity contribution in [2.45, 2.75) is 25.7 Å². The molecule has 13 heteroatoms. The Morgan fingerprint density at radius 1 is 1.02 bits per heavy atom. The summed E-state index contributed by atoms with van der Waals surface area (Å²) in [5.74, 6) is -0.497. The number of pyridine rings is 2. The number of aromatic carboxylic acids is 1. The minimum absolute atomic E-state index is 0.136. The summed E-state index contributed by atoms with van der Waals surface area (Å²) in [6.07, 6.45) is 5.56. The Morgan fingerprint density at radius 3 is 2.60 bits per heavy atom. The molecule has 10 nitrogen and oxygen atoms in total. The molecule has 0 bridgehead atoms. The average molecular weight is 890 g/mol. The van der Waals surface area contributed by atoms with Gasteiger partial charge in [-0.15, -0.1) is 11.3 Å². The third-order valence-corrected chi connectivity index (χ3v) is 17.3. The summed E-state index contributed by atoms with van der Waals surface area (Å²) in [6, 6.07) is 14.5. The molecule has 2 N–H and O–H groups in total. The van der Waals surface area contributed by atoms with Gasteiger partial charge in [-0.2, -0.15) is 0 Å². The van der Waals surface area contributed by atoms with Gasteiger partial charge in [0.25, 0.3) is 0 Å². The molecule has 0 saturated carbocycles. The van der Waals surface area contributed by atoms with E-state index in [9.17, 15) is 19.5 Å². The molecule has 4 aromatic rings. The fourth-order valence-electron chi connectivity index (χ4n) is 6.79. The number of carbonyl (C=O) groups is 3. The second-order valence-corrected chi connectivity index (χ2v) is 19.4. The third kappa shape index (κ3) is 6.11. The van der Waals surface area contributed by atoms with Crippen LogP contribution in [-0.4, -0.2) is 74.6 Å². The van der Waals surface area contributed by atoms with Gasteiger partial charge in [0.15, 0.2) is 0 Å². The Morgan fingerprint density at radius 2 is 1.81 bits per heavy atom. The first-order valence-electron chi connectivity index (χ1n) is 16.0. The molecule has 2 amide bonds. The van der Waals surface area contributed by atoms with Crippen LogP contribution in [0.15, 0.2) is 54.7 Å². The maximum absolute atomic E-state index is 13.9. The molecule has 0 unspecified atom stereocenters. The maximum atomic E-state index is 13.9. The molecule has 0 radical (unpaired) electrons. The summed E-state index contributed by atoms with van der Waals surface area (Å²) >= 11 is 0.899. The van der Waals surface area contributed by atoms with Gasteiger partial charge in [-0.3, -0.25) is 4.98 Å². The standard InChI is InChI=1S/C35H33I2N5O5S/c43-32(24-18-25-30(37-12-2-11-36-25)40-31(24)41-19-35(20-41)9-15-47-16-10-35)39-23-6-4-21(5-7-23)33(44)42-14-8-22-17-27(34(45)46)48-29(22)28-26(42)3-1-13-38-28/h1,3-7,13,17-18H,2,8-12,14-16,19-20H2,(H,39,43)(H,45,46)/q-2. The molecule has 250 valence electrons. The van der Waals surface area contributed by atoms with Gasteiger partial charge in [-0.05, 0) is 30.2 Å². The minimum atomic E-state index is -0.966. The Kier molecular flexibility index (Phi) is 8.88. The number of halogens is 2. The van der Waals surface area contributed by atoms with E-state index in [1.54, 1.807) is 47.5 Å². The smallest absolute Gasteiger partial charge is 0.00810 e. The van der Waals surface area contributed by atoms with Crippen LogP contribution in [-0.2, 0) is 11.2 Å². The molecule has 2 saturated heterocycles. The van der Waals surface area contributed by atoms with Crippen LogP contribution in [0.3, 0.4) is 0 Å². The first-order chi connectivity index (χ1) is 23.4. The number of carbonyl (C=O) groups excluding carboxylic acids is 2. The van der Waals surface area contributed by atoms with Gasteiger partial charge in [0.2, 0.25) is 0 Å². The number of alkyl halides is 2. The van der Waals surface area contributed by atoms with Gasteiger partial charge in [-0.25, -0.2) is 4.79 Å². The van der Waals surface area contributed by atoms with E-state index in [-0.39, 0.29) is 64.5 Å². The third-order valence-electron chi connectivity index (χ3n) is 9.34. The number of thiophene rings is 1. The predicted molar refractivity (Wildman–Crippen MR) is 175 cm³/mol. The normalized spacial score (nSPS) is 18.4. The fourth-order valence-corrected chi connectivity index (χ4v) is 15.7. The number of amides is 2. The zero-order valence-electron chi connectivity index (χ0n) is 26.0. The average Bonchev–Trinajstić information content (AvgIpc) is 3.29. The van der Waals surface area contributed by atoms with Gasteiger partial charge in [0, 0.05) is 6.20 Å². The molecule has 2 fully saturated rings. The number of ether oxygens (including phenoxy) is 1. The van der Waals surface area contributed by atoms with Gasteiger partial charge in [-0.1, -0.05) is 0 Å². The molecule has 7 heterocycles. The Hall–Kier alpha value is -3.15. The molecular weight excluding hydrogens is 856 g/mol. The first-order valence-corrected chi connectivity index (χ1v) is 22.0. The molecule has 4 aliphatic rings. The van der Waals surface area contributed by atoms with Crippen molar-refractivity contribution in [1.82, 2.24) is 9.97 Å². The van der Waals surface area contributed by atoms with Crippen molar-refractivity contribution < 1.29 is 66.6 Å². The van der Waals surface area contributed by atoms with E-state index in [2.05, 4.69) is 21.3 Å². The van der Waals surface area contributed by atoms with Crippen molar-refractivity contribution in [2.24, 2.45) is 5.41 Å².